The number of rotatable bonds is 2. The number of aryl methyl sites for hydroxylation is 1. The topological polar surface area (TPSA) is 78.9 Å². The number of fused-ring (bicyclic) bond motifs is 1. The second kappa shape index (κ2) is 4.51. The standard InChI is InChI=1S/C12H10BrN5O/c1-18-6-16-12(17-18)19-11-8-4-7(13)2-3-10(8)15-5-9(11)14/h2-6H,14H2,1H3. The number of anilines is 1. The molecular formula is C12H10BrN5O. The Morgan fingerprint density at radius 1 is 1.32 bits per heavy atom. The molecular weight excluding hydrogens is 310 g/mol. The van der Waals surface area contributed by atoms with E-state index in [0.717, 1.165) is 15.4 Å². The Hall–Kier alpha value is -2.15. The molecule has 0 amide bonds. The number of hydrogen-bond acceptors (Lipinski definition) is 5. The van der Waals surface area contributed by atoms with E-state index >= 15 is 0 Å². The van der Waals surface area contributed by atoms with Gasteiger partial charge in [-0.15, -0.1) is 5.10 Å². The first-order chi connectivity index (χ1) is 9.13. The molecule has 0 atom stereocenters. The fourth-order valence-corrected chi connectivity index (χ4v) is 2.09. The molecule has 0 aliphatic carbocycles. The first kappa shape index (κ1) is 11.9. The van der Waals surface area contributed by atoms with Gasteiger partial charge in [0.05, 0.1) is 17.4 Å². The lowest BCUT2D eigenvalue weighted by atomic mass is 10.2. The first-order valence-corrected chi connectivity index (χ1v) is 6.30. The zero-order valence-electron chi connectivity index (χ0n) is 10.0. The van der Waals surface area contributed by atoms with Crippen molar-refractivity contribution in [3.63, 3.8) is 0 Å². The van der Waals surface area contributed by atoms with Gasteiger partial charge in [0.25, 0.3) is 0 Å². The Morgan fingerprint density at radius 2 is 2.16 bits per heavy atom. The Balaban J connectivity index is 2.15. The van der Waals surface area contributed by atoms with E-state index in [1.165, 1.54) is 0 Å². The molecule has 7 heteroatoms. The zero-order valence-corrected chi connectivity index (χ0v) is 11.6. The van der Waals surface area contributed by atoms with Crippen molar-refractivity contribution < 1.29 is 4.74 Å². The molecule has 3 rings (SSSR count). The minimum absolute atomic E-state index is 0.252. The maximum absolute atomic E-state index is 5.93. The number of nitrogens with zero attached hydrogens (tertiary/aromatic N) is 4. The van der Waals surface area contributed by atoms with Gasteiger partial charge in [-0.25, -0.2) is 0 Å². The molecule has 0 bridgehead atoms. The molecule has 19 heavy (non-hydrogen) atoms. The largest absolute Gasteiger partial charge is 0.420 e. The van der Waals surface area contributed by atoms with Gasteiger partial charge >= 0.3 is 6.01 Å². The normalized spacial score (nSPS) is 10.8. The fourth-order valence-electron chi connectivity index (χ4n) is 1.73. The lowest BCUT2D eigenvalue weighted by molar-refractivity contribution is 0.445. The van der Waals surface area contributed by atoms with Crippen molar-refractivity contribution in [2.24, 2.45) is 7.05 Å². The van der Waals surface area contributed by atoms with Crippen LogP contribution in [0.3, 0.4) is 0 Å². The van der Waals surface area contributed by atoms with E-state index in [2.05, 4.69) is 31.0 Å². The summed E-state index contributed by atoms with van der Waals surface area (Å²) in [7, 11) is 1.77. The highest BCUT2D eigenvalue weighted by Crippen LogP contribution is 2.34. The lowest BCUT2D eigenvalue weighted by Gasteiger charge is -2.08. The fraction of sp³-hybridized carbons (Fsp3) is 0.0833. The van der Waals surface area contributed by atoms with Crippen LogP contribution in [0.15, 0.2) is 35.2 Å². The maximum Gasteiger partial charge on any atom is 0.341 e. The third kappa shape index (κ3) is 2.24. The Morgan fingerprint density at radius 3 is 2.89 bits per heavy atom. The van der Waals surface area contributed by atoms with Crippen LogP contribution in [0.4, 0.5) is 5.69 Å². The van der Waals surface area contributed by atoms with Crippen LogP contribution in [0, 0.1) is 0 Å². The summed E-state index contributed by atoms with van der Waals surface area (Å²) in [6.07, 6.45) is 3.12. The third-order valence-corrected chi connectivity index (χ3v) is 3.07. The maximum atomic E-state index is 5.93. The van der Waals surface area contributed by atoms with E-state index in [4.69, 9.17) is 10.5 Å². The van der Waals surface area contributed by atoms with Crippen LogP contribution in [0.2, 0.25) is 0 Å². The number of halogens is 1. The van der Waals surface area contributed by atoms with Crippen molar-refractivity contribution in [3.05, 3.63) is 35.2 Å². The van der Waals surface area contributed by atoms with Crippen LogP contribution in [-0.2, 0) is 7.05 Å². The summed E-state index contributed by atoms with van der Waals surface area (Å²) in [6, 6.07) is 5.95. The zero-order chi connectivity index (χ0) is 13.4. The molecule has 3 aromatic rings. The van der Waals surface area contributed by atoms with E-state index < -0.39 is 0 Å². The number of benzene rings is 1. The Labute approximate surface area is 117 Å². The molecule has 0 aliphatic rings. The molecule has 0 saturated carbocycles. The summed E-state index contributed by atoms with van der Waals surface area (Å²) in [5, 5.41) is 4.88. The smallest absolute Gasteiger partial charge is 0.341 e. The van der Waals surface area contributed by atoms with E-state index in [0.29, 0.717) is 11.4 Å². The summed E-state index contributed by atoms with van der Waals surface area (Å²) < 4.78 is 8.15. The van der Waals surface area contributed by atoms with Gasteiger partial charge in [0.15, 0.2) is 5.75 Å². The van der Waals surface area contributed by atoms with Gasteiger partial charge in [0.1, 0.15) is 6.33 Å². The second-order valence-electron chi connectivity index (χ2n) is 4.01. The summed E-state index contributed by atoms with van der Waals surface area (Å²) >= 11 is 3.42. The van der Waals surface area contributed by atoms with E-state index in [1.807, 2.05) is 18.2 Å². The number of pyridine rings is 1. The minimum Gasteiger partial charge on any atom is -0.420 e. The van der Waals surface area contributed by atoms with E-state index in [1.54, 1.807) is 24.3 Å². The summed E-state index contributed by atoms with van der Waals surface area (Å²) in [4.78, 5) is 8.28. The highest BCUT2D eigenvalue weighted by molar-refractivity contribution is 9.10. The number of aromatic nitrogens is 4. The summed E-state index contributed by atoms with van der Waals surface area (Å²) in [6.45, 7) is 0. The van der Waals surface area contributed by atoms with Crippen LogP contribution in [0.5, 0.6) is 11.8 Å². The summed E-state index contributed by atoms with van der Waals surface area (Å²) in [5.41, 5.74) is 7.16. The molecule has 0 unspecified atom stereocenters. The highest BCUT2D eigenvalue weighted by Gasteiger charge is 2.11. The monoisotopic (exact) mass is 319 g/mol. The Kier molecular flexibility index (Phi) is 2.83. The Bertz CT molecular complexity index is 750. The second-order valence-corrected chi connectivity index (χ2v) is 4.92. The molecule has 2 aromatic heterocycles. The van der Waals surface area contributed by atoms with Crippen LogP contribution in [0.25, 0.3) is 10.9 Å². The van der Waals surface area contributed by atoms with Gasteiger partial charge in [0.2, 0.25) is 0 Å². The van der Waals surface area contributed by atoms with Crippen molar-refractivity contribution in [3.8, 4) is 11.8 Å². The molecule has 0 saturated heterocycles. The van der Waals surface area contributed by atoms with E-state index in [-0.39, 0.29) is 6.01 Å². The molecule has 0 radical (unpaired) electrons. The number of nitrogen functional groups attached to an aromatic ring is 1. The third-order valence-electron chi connectivity index (χ3n) is 2.58. The predicted octanol–water partition coefficient (Wildman–Crippen LogP) is 2.50. The van der Waals surface area contributed by atoms with Crippen molar-refractivity contribution in [2.45, 2.75) is 0 Å². The molecule has 6 nitrogen and oxygen atoms in total. The number of nitrogens with two attached hydrogens (primary N) is 1. The quantitative estimate of drug-likeness (QED) is 0.785. The van der Waals surface area contributed by atoms with Gasteiger partial charge in [0, 0.05) is 16.9 Å². The average Bonchev–Trinajstić information content (AvgIpc) is 2.79. The van der Waals surface area contributed by atoms with Crippen molar-refractivity contribution in [2.75, 3.05) is 5.73 Å². The van der Waals surface area contributed by atoms with Crippen molar-refractivity contribution >= 4 is 32.5 Å². The first-order valence-electron chi connectivity index (χ1n) is 5.51. The van der Waals surface area contributed by atoms with Crippen LogP contribution in [-0.4, -0.2) is 19.7 Å². The molecule has 1 aromatic carbocycles. The number of hydrogen-bond donors (Lipinski definition) is 1. The molecule has 96 valence electrons. The van der Waals surface area contributed by atoms with E-state index in [9.17, 15) is 0 Å². The minimum atomic E-state index is 0.252. The van der Waals surface area contributed by atoms with Crippen molar-refractivity contribution in [1.29, 1.82) is 0 Å². The molecule has 0 spiro atoms. The molecule has 0 aliphatic heterocycles. The predicted molar refractivity (Wildman–Crippen MR) is 74.9 cm³/mol. The molecule has 2 N–H and O–H groups in total. The van der Waals surface area contributed by atoms with Crippen LogP contribution in [0.1, 0.15) is 0 Å². The van der Waals surface area contributed by atoms with Gasteiger partial charge < -0.3 is 10.5 Å². The van der Waals surface area contributed by atoms with Gasteiger partial charge in [-0.05, 0) is 18.2 Å². The SMILES string of the molecule is Cn1cnc(Oc2c(N)cnc3ccc(Br)cc23)n1. The van der Waals surface area contributed by atoms with Crippen molar-refractivity contribution in [1.82, 2.24) is 19.7 Å². The lowest BCUT2D eigenvalue weighted by Crippen LogP contribution is -1.97. The van der Waals surface area contributed by atoms with Crippen LogP contribution < -0.4 is 10.5 Å². The average molecular weight is 320 g/mol. The van der Waals surface area contributed by atoms with Gasteiger partial charge in [-0.3, -0.25) is 9.67 Å². The van der Waals surface area contributed by atoms with Crippen LogP contribution >= 0.6 is 15.9 Å². The summed E-state index contributed by atoms with van der Waals surface area (Å²) in [5.74, 6) is 0.512. The molecule has 0 fully saturated rings. The number of ether oxygens (including phenoxy) is 1. The molecule has 2 heterocycles. The van der Waals surface area contributed by atoms with Gasteiger partial charge in [-0.1, -0.05) is 15.9 Å². The van der Waals surface area contributed by atoms with Gasteiger partial charge in [-0.2, -0.15) is 4.98 Å². The highest BCUT2D eigenvalue weighted by atomic mass is 79.9.